The third-order valence-corrected chi connectivity index (χ3v) is 9.60. The van der Waals surface area contributed by atoms with Crippen molar-refractivity contribution in [1.29, 1.82) is 0 Å². The predicted octanol–water partition coefficient (Wildman–Crippen LogP) is 3.73. The van der Waals surface area contributed by atoms with Gasteiger partial charge in [-0.05, 0) is 81.0 Å². The molecule has 3 nitrogen and oxygen atoms in total. The van der Waals surface area contributed by atoms with Crippen molar-refractivity contribution in [3.05, 3.63) is 0 Å². The van der Waals surface area contributed by atoms with Crippen molar-refractivity contribution in [2.45, 2.75) is 89.9 Å². The van der Waals surface area contributed by atoms with Crippen molar-refractivity contribution >= 4 is 5.78 Å². The molecule has 0 aromatic heterocycles. The van der Waals surface area contributed by atoms with Gasteiger partial charge in [0.2, 0.25) is 0 Å². The summed E-state index contributed by atoms with van der Waals surface area (Å²) in [5.74, 6) is 3.10. The molecule has 4 aliphatic carbocycles. The third kappa shape index (κ3) is 1.65. The van der Waals surface area contributed by atoms with Gasteiger partial charge in [0.15, 0.2) is 5.78 Å². The van der Waals surface area contributed by atoms with Crippen LogP contribution in [0.5, 0.6) is 0 Å². The largest absolute Gasteiger partial charge is 0.393 e. The molecule has 0 aromatic rings. The number of carbonyl (C=O) groups excluding carboxylic acids is 1. The van der Waals surface area contributed by atoms with Gasteiger partial charge in [-0.1, -0.05) is 13.8 Å². The van der Waals surface area contributed by atoms with Gasteiger partial charge in [-0.3, -0.25) is 4.79 Å². The van der Waals surface area contributed by atoms with E-state index in [9.17, 15) is 9.90 Å². The second-order valence-electron chi connectivity index (χ2n) is 10.2. The van der Waals surface area contributed by atoms with Crippen LogP contribution in [0, 0.1) is 34.5 Å². The van der Waals surface area contributed by atoms with E-state index in [1.807, 2.05) is 6.92 Å². The molecule has 0 aromatic carbocycles. The summed E-state index contributed by atoms with van der Waals surface area (Å²) in [6.07, 6.45) is 8.84. The molecule has 1 aliphatic heterocycles. The number of rotatable bonds is 1. The van der Waals surface area contributed by atoms with Gasteiger partial charge in [0, 0.05) is 11.8 Å². The van der Waals surface area contributed by atoms with Crippen LogP contribution in [0.3, 0.4) is 0 Å². The summed E-state index contributed by atoms with van der Waals surface area (Å²) in [7, 11) is 0. The average molecular weight is 332 g/mol. The minimum atomic E-state index is -0.175. The van der Waals surface area contributed by atoms with E-state index in [4.69, 9.17) is 4.74 Å². The van der Waals surface area contributed by atoms with Crippen LogP contribution < -0.4 is 0 Å². The number of hydrogen-bond donors (Lipinski definition) is 1. The van der Waals surface area contributed by atoms with Crippen molar-refractivity contribution in [2.75, 3.05) is 0 Å². The predicted molar refractivity (Wildman–Crippen MR) is 91.4 cm³/mol. The van der Waals surface area contributed by atoms with Crippen molar-refractivity contribution < 1.29 is 14.6 Å². The lowest BCUT2D eigenvalue weighted by Gasteiger charge is -2.59. The SMILES string of the molecule is CC(O)[C@H]1CC[C@H]2[C@@H]3CCC45OC4C(=O)CC[C@]5(C)[C@H]3CC[C@]12C. The Bertz CT molecular complexity index is 586. The minimum absolute atomic E-state index is 0.0701. The smallest absolute Gasteiger partial charge is 0.164 e. The molecular weight excluding hydrogens is 300 g/mol. The van der Waals surface area contributed by atoms with Crippen LogP contribution in [0.4, 0.5) is 0 Å². The number of aliphatic hydroxyl groups is 1. The summed E-state index contributed by atoms with van der Waals surface area (Å²) in [5, 5.41) is 10.3. The maximum atomic E-state index is 12.2. The number of carbonyl (C=O) groups is 1. The zero-order chi connectivity index (χ0) is 16.9. The fourth-order valence-corrected chi connectivity index (χ4v) is 8.33. The van der Waals surface area contributed by atoms with Crippen LogP contribution in [-0.2, 0) is 9.53 Å². The fraction of sp³-hybridized carbons (Fsp3) is 0.952. The van der Waals surface area contributed by atoms with E-state index in [-0.39, 0.29) is 23.2 Å². The summed E-state index contributed by atoms with van der Waals surface area (Å²) in [4.78, 5) is 12.2. The van der Waals surface area contributed by atoms with Crippen molar-refractivity contribution in [1.82, 2.24) is 0 Å². The molecule has 3 unspecified atom stereocenters. The number of epoxide rings is 1. The first-order valence-corrected chi connectivity index (χ1v) is 10.2. The molecule has 24 heavy (non-hydrogen) atoms. The molecule has 9 atom stereocenters. The first-order valence-electron chi connectivity index (χ1n) is 10.2. The number of ketones is 1. The minimum Gasteiger partial charge on any atom is -0.393 e. The lowest BCUT2D eigenvalue weighted by Crippen LogP contribution is -2.58. The lowest BCUT2D eigenvalue weighted by atomic mass is 9.44. The molecule has 1 N–H and O–H groups in total. The van der Waals surface area contributed by atoms with E-state index in [2.05, 4.69) is 13.8 Å². The molecule has 5 aliphatic rings. The van der Waals surface area contributed by atoms with Crippen LogP contribution in [0.15, 0.2) is 0 Å². The summed E-state index contributed by atoms with van der Waals surface area (Å²) in [5.41, 5.74) is 0.433. The highest BCUT2D eigenvalue weighted by Crippen LogP contribution is 2.72. The quantitative estimate of drug-likeness (QED) is 0.745. The molecule has 5 fully saturated rings. The second kappa shape index (κ2) is 4.65. The molecule has 1 heterocycles. The van der Waals surface area contributed by atoms with E-state index in [1.165, 1.54) is 32.1 Å². The number of fused-ring (bicyclic) bond motifs is 4. The highest BCUT2D eigenvalue weighted by atomic mass is 16.6. The zero-order valence-corrected chi connectivity index (χ0v) is 15.4. The van der Waals surface area contributed by atoms with Gasteiger partial charge in [-0.25, -0.2) is 0 Å². The van der Waals surface area contributed by atoms with E-state index in [1.54, 1.807) is 0 Å². The lowest BCUT2D eigenvalue weighted by molar-refractivity contribution is -0.133. The Hall–Kier alpha value is -0.410. The highest BCUT2D eigenvalue weighted by molar-refractivity contribution is 5.88. The Labute approximate surface area is 145 Å². The normalized spacial score (nSPS) is 59.8. The summed E-state index contributed by atoms with van der Waals surface area (Å²) in [6.45, 7) is 6.91. The van der Waals surface area contributed by atoms with Gasteiger partial charge in [0.1, 0.15) is 11.7 Å². The molecular formula is C21H32O3. The first kappa shape index (κ1) is 15.8. The number of ether oxygens (including phenoxy) is 1. The second-order valence-corrected chi connectivity index (χ2v) is 10.2. The standard InChI is InChI=1S/C21H32O3/c1-12(22)14-4-5-15-13-6-11-21-18(24-21)17(23)8-10-20(21,3)16(13)7-9-19(14,15)2/h12-16,18,22H,4-11H2,1-3H3/t12?,13-,14+,15-,16-,18?,19+,20+,21?/m0/s1. The molecule has 1 spiro atoms. The molecule has 0 amide bonds. The van der Waals surface area contributed by atoms with Crippen LogP contribution in [0.2, 0.25) is 0 Å². The Morgan fingerprint density at radius 2 is 1.88 bits per heavy atom. The van der Waals surface area contributed by atoms with Gasteiger partial charge < -0.3 is 9.84 Å². The Kier molecular flexibility index (Phi) is 3.06. The Morgan fingerprint density at radius 3 is 2.62 bits per heavy atom. The fourth-order valence-electron chi connectivity index (χ4n) is 8.33. The van der Waals surface area contributed by atoms with Gasteiger partial charge in [-0.15, -0.1) is 0 Å². The van der Waals surface area contributed by atoms with Crippen LogP contribution in [0.1, 0.15) is 72.1 Å². The first-order chi connectivity index (χ1) is 11.3. The molecule has 3 heteroatoms. The topological polar surface area (TPSA) is 49.8 Å². The van der Waals surface area contributed by atoms with Crippen LogP contribution in [-0.4, -0.2) is 28.7 Å². The Morgan fingerprint density at radius 1 is 1.08 bits per heavy atom. The molecule has 5 rings (SSSR count). The molecule has 0 radical (unpaired) electrons. The maximum Gasteiger partial charge on any atom is 0.164 e. The zero-order valence-electron chi connectivity index (χ0n) is 15.4. The highest BCUT2D eigenvalue weighted by Gasteiger charge is 2.76. The van der Waals surface area contributed by atoms with Crippen molar-refractivity contribution in [2.24, 2.45) is 34.5 Å². The van der Waals surface area contributed by atoms with E-state index >= 15 is 0 Å². The van der Waals surface area contributed by atoms with Crippen LogP contribution in [0.25, 0.3) is 0 Å². The van der Waals surface area contributed by atoms with E-state index in [0.717, 1.165) is 37.0 Å². The number of hydrogen-bond acceptors (Lipinski definition) is 3. The number of Topliss-reactive ketones (excluding diaryl/α,β-unsaturated/α-hetero) is 1. The number of aliphatic hydroxyl groups excluding tert-OH is 1. The van der Waals surface area contributed by atoms with Gasteiger partial charge in [0.05, 0.1) is 6.10 Å². The van der Waals surface area contributed by atoms with Gasteiger partial charge in [-0.2, -0.15) is 0 Å². The molecule has 4 saturated carbocycles. The van der Waals surface area contributed by atoms with Gasteiger partial charge >= 0.3 is 0 Å². The van der Waals surface area contributed by atoms with E-state index in [0.29, 0.717) is 17.1 Å². The summed E-state index contributed by atoms with van der Waals surface area (Å²) >= 11 is 0. The van der Waals surface area contributed by atoms with E-state index < -0.39 is 0 Å². The molecule has 134 valence electrons. The summed E-state index contributed by atoms with van der Waals surface area (Å²) < 4.78 is 6.14. The van der Waals surface area contributed by atoms with Gasteiger partial charge in [0.25, 0.3) is 0 Å². The van der Waals surface area contributed by atoms with Crippen LogP contribution >= 0.6 is 0 Å². The maximum absolute atomic E-state index is 12.2. The summed E-state index contributed by atoms with van der Waals surface area (Å²) in [6, 6.07) is 0. The third-order valence-electron chi connectivity index (χ3n) is 9.60. The molecule has 0 bridgehead atoms. The monoisotopic (exact) mass is 332 g/mol. The average Bonchev–Trinajstić information content (AvgIpc) is 3.17. The Balaban J connectivity index is 1.48. The van der Waals surface area contributed by atoms with Crippen molar-refractivity contribution in [3.8, 4) is 0 Å². The molecule has 1 saturated heterocycles. The van der Waals surface area contributed by atoms with Crippen molar-refractivity contribution in [3.63, 3.8) is 0 Å².